The zero-order valence-electron chi connectivity index (χ0n) is 16.5. The summed E-state index contributed by atoms with van der Waals surface area (Å²) >= 11 is 6.87. The predicted octanol–water partition coefficient (Wildman–Crippen LogP) is 6.78. The molecule has 0 atom stereocenters. The van der Waals surface area contributed by atoms with E-state index in [4.69, 9.17) is 4.74 Å². The molecule has 0 heterocycles. The zero-order valence-corrected chi connectivity index (χ0v) is 19.6. The van der Waals surface area contributed by atoms with Crippen molar-refractivity contribution >= 4 is 49.5 Å². The quantitative estimate of drug-likeness (QED) is 0.275. The number of carbonyl (C=O) groups is 1. The number of amides is 1. The van der Waals surface area contributed by atoms with Gasteiger partial charge in [-0.3, -0.25) is 4.79 Å². The Morgan fingerprint density at radius 1 is 1.16 bits per heavy atom. The summed E-state index contributed by atoms with van der Waals surface area (Å²) in [5.74, 6) is -0.441. The van der Waals surface area contributed by atoms with Crippen LogP contribution >= 0.6 is 31.9 Å². The van der Waals surface area contributed by atoms with Gasteiger partial charge in [0.15, 0.2) is 0 Å². The van der Waals surface area contributed by atoms with Gasteiger partial charge in [-0.1, -0.05) is 46.3 Å². The highest BCUT2D eigenvalue weighted by atomic mass is 79.9. The first-order chi connectivity index (χ1) is 14.9. The normalized spacial score (nSPS) is 11.0. The highest BCUT2D eigenvalue weighted by molar-refractivity contribution is 9.11. The summed E-state index contributed by atoms with van der Waals surface area (Å²) in [6.45, 7) is 1.99. The fourth-order valence-corrected chi connectivity index (χ4v) is 4.20. The lowest BCUT2D eigenvalue weighted by Crippen LogP contribution is -2.14. The average Bonchev–Trinajstić information content (AvgIpc) is 2.72. The maximum Gasteiger partial charge on any atom is 0.266 e. The van der Waals surface area contributed by atoms with Crippen molar-refractivity contribution in [1.82, 2.24) is 0 Å². The summed E-state index contributed by atoms with van der Waals surface area (Å²) < 4.78 is 20.7. The molecular formula is C24H17Br2FN2O2. The van der Waals surface area contributed by atoms with Crippen LogP contribution in [0.5, 0.6) is 5.75 Å². The first kappa shape index (κ1) is 22.7. The maximum absolute atomic E-state index is 13.5. The molecule has 3 aromatic rings. The van der Waals surface area contributed by atoms with Crippen LogP contribution in [0.1, 0.15) is 16.7 Å². The van der Waals surface area contributed by atoms with Crippen molar-refractivity contribution in [1.29, 1.82) is 5.26 Å². The van der Waals surface area contributed by atoms with E-state index in [0.717, 1.165) is 10.0 Å². The van der Waals surface area contributed by atoms with Gasteiger partial charge < -0.3 is 10.1 Å². The SMILES string of the molecule is Cc1ccccc1NC(=O)/C(C#N)=C/c1cc(Br)cc(Br)c1OCc1cccc(F)c1. The van der Waals surface area contributed by atoms with Gasteiger partial charge in [0.05, 0.1) is 4.47 Å². The van der Waals surface area contributed by atoms with Gasteiger partial charge in [0.25, 0.3) is 5.91 Å². The second-order valence-electron chi connectivity index (χ2n) is 6.66. The lowest BCUT2D eigenvalue weighted by atomic mass is 10.1. The fraction of sp³-hybridized carbons (Fsp3) is 0.0833. The van der Waals surface area contributed by atoms with Crippen LogP contribution in [0.4, 0.5) is 10.1 Å². The van der Waals surface area contributed by atoms with Crippen molar-refractivity contribution in [2.75, 3.05) is 5.32 Å². The van der Waals surface area contributed by atoms with Crippen molar-refractivity contribution in [3.63, 3.8) is 0 Å². The van der Waals surface area contributed by atoms with Gasteiger partial charge in [0, 0.05) is 15.7 Å². The number of carbonyl (C=O) groups excluding carboxylic acids is 1. The zero-order chi connectivity index (χ0) is 22.4. The number of benzene rings is 3. The number of aryl methyl sites for hydroxylation is 1. The summed E-state index contributed by atoms with van der Waals surface area (Å²) in [5.41, 5.74) is 2.62. The highest BCUT2D eigenvalue weighted by Gasteiger charge is 2.15. The molecule has 0 aliphatic carbocycles. The Morgan fingerprint density at radius 2 is 1.94 bits per heavy atom. The molecule has 0 aromatic heterocycles. The van der Waals surface area contributed by atoms with Gasteiger partial charge in [-0.2, -0.15) is 5.26 Å². The number of halogens is 3. The number of hydrogen-bond acceptors (Lipinski definition) is 3. The Bertz CT molecular complexity index is 1200. The molecule has 31 heavy (non-hydrogen) atoms. The Balaban J connectivity index is 1.90. The van der Waals surface area contributed by atoms with E-state index in [9.17, 15) is 14.4 Å². The minimum absolute atomic E-state index is 0.0798. The highest BCUT2D eigenvalue weighted by Crippen LogP contribution is 2.35. The van der Waals surface area contributed by atoms with Crippen LogP contribution in [0.2, 0.25) is 0 Å². The third kappa shape index (κ3) is 6.03. The van der Waals surface area contributed by atoms with Gasteiger partial charge in [0.1, 0.15) is 29.8 Å². The predicted molar refractivity (Wildman–Crippen MR) is 126 cm³/mol. The number of rotatable bonds is 6. The van der Waals surface area contributed by atoms with Crippen molar-refractivity contribution in [3.05, 3.63) is 97.7 Å². The fourth-order valence-electron chi connectivity index (χ4n) is 2.83. The monoisotopic (exact) mass is 542 g/mol. The molecule has 3 aromatic carbocycles. The Morgan fingerprint density at radius 3 is 2.65 bits per heavy atom. The standard InChI is InChI=1S/C24H17Br2FN2O2/c1-15-5-2-3-8-22(15)29-24(30)18(13-28)10-17-11-19(25)12-21(26)23(17)31-14-16-6-4-7-20(27)9-16/h2-12H,14H2,1H3,(H,29,30)/b18-10+. The van der Waals surface area contributed by atoms with Crippen LogP contribution in [0.15, 0.2) is 75.2 Å². The molecule has 0 bridgehead atoms. The summed E-state index contributed by atoms with van der Waals surface area (Å²) in [6, 6.07) is 18.9. The van der Waals surface area contributed by atoms with Crippen LogP contribution in [-0.4, -0.2) is 5.91 Å². The first-order valence-electron chi connectivity index (χ1n) is 9.22. The van der Waals surface area contributed by atoms with Crippen molar-refractivity contribution < 1.29 is 13.9 Å². The molecule has 7 heteroatoms. The third-order valence-electron chi connectivity index (χ3n) is 4.37. The molecule has 3 rings (SSSR count). The molecule has 4 nitrogen and oxygen atoms in total. The van der Waals surface area contributed by atoms with Gasteiger partial charge in [-0.05, 0) is 70.4 Å². The summed E-state index contributed by atoms with van der Waals surface area (Å²) in [5, 5.41) is 12.3. The van der Waals surface area contributed by atoms with Crippen molar-refractivity contribution in [2.24, 2.45) is 0 Å². The van der Waals surface area contributed by atoms with Crippen molar-refractivity contribution in [3.8, 4) is 11.8 Å². The molecule has 0 unspecified atom stereocenters. The third-order valence-corrected chi connectivity index (χ3v) is 5.41. The molecule has 0 aliphatic rings. The van der Waals surface area contributed by atoms with E-state index < -0.39 is 5.91 Å². The Kier molecular flexibility index (Phi) is 7.61. The van der Waals surface area contributed by atoms with Crippen LogP contribution in [0, 0.1) is 24.1 Å². The topological polar surface area (TPSA) is 62.1 Å². The molecule has 0 saturated carbocycles. The number of nitrogens with one attached hydrogen (secondary N) is 1. The van der Waals surface area contributed by atoms with E-state index in [1.165, 1.54) is 18.2 Å². The van der Waals surface area contributed by atoms with E-state index in [0.29, 0.717) is 27.0 Å². The Labute approximate surface area is 196 Å². The number of nitrogens with zero attached hydrogens (tertiary/aromatic N) is 1. The van der Waals surface area contributed by atoms with Crippen LogP contribution in [-0.2, 0) is 11.4 Å². The number of ether oxygens (including phenoxy) is 1. The molecule has 1 amide bonds. The maximum atomic E-state index is 13.5. The van der Waals surface area contributed by atoms with E-state index in [2.05, 4.69) is 37.2 Å². The molecule has 156 valence electrons. The number of anilines is 1. The molecular weight excluding hydrogens is 527 g/mol. The van der Waals surface area contributed by atoms with Crippen LogP contribution < -0.4 is 10.1 Å². The van der Waals surface area contributed by atoms with Crippen LogP contribution in [0.3, 0.4) is 0 Å². The molecule has 0 radical (unpaired) electrons. The van der Waals surface area contributed by atoms with E-state index >= 15 is 0 Å². The van der Waals surface area contributed by atoms with Gasteiger partial charge >= 0.3 is 0 Å². The van der Waals surface area contributed by atoms with E-state index in [-0.39, 0.29) is 18.0 Å². The summed E-state index contributed by atoms with van der Waals surface area (Å²) in [4.78, 5) is 12.7. The second-order valence-corrected chi connectivity index (χ2v) is 8.43. The summed E-state index contributed by atoms with van der Waals surface area (Å²) in [7, 11) is 0. The molecule has 0 saturated heterocycles. The average molecular weight is 544 g/mol. The lowest BCUT2D eigenvalue weighted by Gasteiger charge is -2.13. The number of hydrogen-bond donors (Lipinski definition) is 1. The second kappa shape index (κ2) is 10.4. The minimum Gasteiger partial charge on any atom is -0.487 e. The van der Waals surface area contributed by atoms with Gasteiger partial charge in [-0.25, -0.2) is 4.39 Å². The molecule has 0 fully saturated rings. The largest absolute Gasteiger partial charge is 0.487 e. The van der Waals surface area contributed by atoms with E-state index in [1.54, 1.807) is 30.3 Å². The van der Waals surface area contributed by atoms with Gasteiger partial charge in [0.2, 0.25) is 0 Å². The number of nitriles is 1. The van der Waals surface area contributed by atoms with E-state index in [1.807, 2.05) is 31.2 Å². The minimum atomic E-state index is -0.524. The van der Waals surface area contributed by atoms with Crippen molar-refractivity contribution in [2.45, 2.75) is 13.5 Å². The lowest BCUT2D eigenvalue weighted by molar-refractivity contribution is -0.112. The van der Waals surface area contributed by atoms with Gasteiger partial charge in [-0.15, -0.1) is 0 Å². The Hall–Kier alpha value is -2.95. The number of para-hydroxylation sites is 1. The first-order valence-corrected chi connectivity index (χ1v) is 10.8. The molecule has 1 N–H and O–H groups in total. The molecule has 0 aliphatic heterocycles. The van der Waals surface area contributed by atoms with Crippen LogP contribution in [0.25, 0.3) is 6.08 Å². The summed E-state index contributed by atoms with van der Waals surface area (Å²) in [6.07, 6.45) is 1.46. The molecule has 0 spiro atoms. The smallest absolute Gasteiger partial charge is 0.266 e.